The van der Waals surface area contributed by atoms with Crippen LogP contribution in [0.4, 0.5) is 0 Å². The minimum absolute atomic E-state index is 0.633. The van der Waals surface area contributed by atoms with E-state index in [2.05, 4.69) is 56.3 Å². The molecule has 110 valence electrons. The van der Waals surface area contributed by atoms with Crippen molar-refractivity contribution < 1.29 is 5.11 Å². The molecule has 0 saturated carbocycles. The zero-order valence-electron chi connectivity index (χ0n) is 13.0. The molecule has 2 aromatic carbocycles. The standard InChI is InChI=1S/C20H24O/c1-15(2)13-16-7-5-10-18(14-16)20(21)12-6-9-17-8-3-4-11-19(17)20/h3-5,7-8,10-11,14-15,21H,6,9,12-13H2,1-2H3. The van der Waals surface area contributed by atoms with Crippen LogP contribution in [0.25, 0.3) is 0 Å². The minimum atomic E-state index is -0.818. The molecular weight excluding hydrogens is 256 g/mol. The van der Waals surface area contributed by atoms with Gasteiger partial charge in [0.2, 0.25) is 0 Å². The molecule has 2 aromatic rings. The van der Waals surface area contributed by atoms with Gasteiger partial charge in [0, 0.05) is 0 Å². The zero-order chi connectivity index (χ0) is 14.9. The van der Waals surface area contributed by atoms with E-state index in [1.807, 2.05) is 6.07 Å². The molecule has 0 radical (unpaired) electrons. The third-order valence-electron chi connectivity index (χ3n) is 4.50. The van der Waals surface area contributed by atoms with E-state index in [0.29, 0.717) is 5.92 Å². The maximum absolute atomic E-state index is 11.4. The highest BCUT2D eigenvalue weighted by Crippen LogP contribution is 2.40. The van der Waals surface area contributed by atoms with E-state index in [-0.39, 0.29) is 0 Å². The SMILES string of the molecule is CC(C)Cc1cccc(C2(O)CCCc3ccccc32)c1. The van der Waals surface area contributed by atoms with Crippen molar-refractivity contribution in [3.8, 4) is 0 Å². The monoisotopic (exact) mass is 280 g/mol. The van der Waals surface area contributed by atoms with Gasteiger partial charge < -0.3 is 5.11 Å². The Hall–Kier alpha value is -1.60. The number of fused-ring (bicyclic) bond motifs is 1. The van der Waals surface area contributed by atoms with Gasteiger partial charge in [-0.3, -0.25) is 0 Å². The average molecular weight is 280 g/mol. The molecule has 0 amide bonds. The topological polar surface area (TPSA) is 20.2 Å². The van der Waals surface area contributed by atoms with E-state index >= 15 is 0 Å². The van der Waals surface area contributed by atoms with Crippen molar-refractivity contribution in [2.24, 2.45) is 5.92 Å². The Labute approximate surface area is 127 Å². The number of hydrogen-bond donors (Lipinski definition) is 1. The second kappa shape index (κ2) is 5.65. The Morgan fingerprint density at radius 3 is 2.71 bits per heavy atom. The summed E-state index contributed by atoms with van der Waals surface area (Å²) in [6, 6.07) is 16.9. The summed E-state index contributed by atoms with van der Waals surface area (Å²) in [5, 5.41) is 11.4. The van der Waals surface area contributed by atoms with Crippen molar-refractivity contribution in [3.05, 3.63) is 70.8 Å². The number of aliphatic hydroxyl groups is 1. The maximum atomic E-state index is 11.4. The Bertz CT molecular complexity index is 629. The normalized spacial score (nSPS) is 21.3. The van der Waals surface area contributed by atoms with Crippen LogP contribution in [0.1, 0.15) is 48.9 Å². The largest absolute Gasteiger partial charge is 0.380 e. The van der Waals surface area contributed by atoms with Crippen LogP contribution in [-0.2, 0) is 18.4 Å². The molecular formula is C20H24O. The predicted molar refractivity (Wildman–Crippen MR) is 87.4 cm³/mol. The van der Waals surface area contributed by atoms with E-state index < -0.39 is 5.60 Å². The van der Waals surface area contributed by atoms with Gasteiger partial charge in [0.25, 0.3) is 0 Å². The van der Waals surface area contributed by atoms with Crippen LogP contribution in [0.3, 0.4) is 0 Å². The summed E-state index contributed by atoms with van der Waals surface area (Å²) in [5.74, 6) is 0.633. The lowest BCUT2D eigenvalue weighted by atomic mass is 9.74. The van der Waals surface area contributed by atoms with Gasteiger partial charge in [-0.1, -0.05) is 62.4 Å². The van der Waals surface area contributed by atoms with Gasteiger partial charge >= 0.3 is 0 Å². The molecule has 1 heteroatoms. The van der Waals surface area contributed by atoms with Crippen molar-refractivity contribution in [1.82, 2.24) is 0 Å². The average Bonchev–Trinajstić information content (AvgIpc) is 2.47. The van der Waals surface area contributed by atoms with Gasteiger partial charge in [-0.15, -0.1) is 0 Å². The van der Waals surface area contributed by atoms with E-state index in [0.717, 1.165) is 36.8 Å². The first-order valence-corrected chi connectivity index (χ1v) is 8.00. The summed E-state index contributed by atoms with van der Waals surface area (Å²) in [5.41, 5.74) is 3.94. The fourth-order valence-electron chi connectivity index (χ4n) is 3.54. The molecule has 3 rings (SSSR count). The van der Waals surface area contributed by atoms with Gasteiger partial charge in [-0.05, 0) is 53.9 Å². The van der Waals surface area contributed by atoms with E-state index in [1.165, 1.54) is 11.1 Å². The van der Waals surface area contributed by atoms with Crippen LogP contribution in [0.2, 0.25) is 0 Å². The minimum Gasteiger partial charge on any atom is -0.380 e. The number of benzene rings is 2. The number of rotatable bonds is 3. The van der Waals surface area contributed by atoms with Gasteiger partial charge in [0.1, 0.15) is 5.60 Å². The molecule has 1 nitrogen and oxygen atoms in total. The Balaban J connectivity index is 2.04. The van der Waals surface area contributed by atoms with Crippen molar-refractivity contribution in [1.29, 1.82) is 0 Å². The highest BCUT2D eigenvalue weighted by atomic mass is 16.3. The maximum Gasteiger partial charge on any atom is 0.115 e. The number of hydrogen-bond acceptors (Lipinski definition) is 1. The molecule has 1 atom stereocenters. The molecule has 21 heavy (non-hydrogen) atoms. The summed E-state index contributed by atoms with van der Waals surface area (Å²) in [7, 11) is 0. The van der Waals surface area contributed by atoms with Crippen molar-refractivity contribution in [2.45, 2.75) is 45.1 Å². The fourth-order valence-corrected chi connectivity index (χ4v) is 3.54. The van der Waals surface area contributed by atoms with Crippen molar-refractivity contribution in [2.75, 3.05) is 0 Å². The second-order valence-electron chi connectivity index (χ2n) is 6.67. The first kappa shape index (κ1) is 14.3. The van der Waals surface area contributed by atoms with Crippen molar-refractivity contribution in [3.63, 3.8) is 0 Å². The lowest BCUT2D eigenvalue weighted by Gasteiger charge is -2.35. The molecule has 1 N–H and O–H groups in total. The van der Waals surface area contributed by atoms with Gasteiger partial charge in [-0.2, -0.15) is 0 Å². The summed E-state index contributed by atoms with van der Waals surface area (Å²) < 4.78 is 0. The summed E-state index contributed by atoms with van der Waals surface area (Å²) in [6.45, 7) is 4.47. The molecule has 0 spiro atoms. The smallest absolute Gasteiger partial charge is 0.115 e. The summed E-state index contributed by atoms with van der Waals surface area (Å²) >= 11 is 0. The lowest BCUT2D eigenvalue weighted by molar-refractivity contribution is 0.0615. The predicted octanol–water partition coefficient (Wildman–Crippen LogP) is 4.46. The quantitative estimate of drug-likeness (QED) is 0.880. The molecule has 0 aliphatic heterocycles. The Morgan fingerprint density at radius 2 is 1.90 bits per heavy atom. The van der Waals surface area contributed by atoms with Crippen LogP contribution in [0.5, 0.6) is 0 Å². The summed E-state index contributed by atoms with van der Waals surface area (Å²) in [6.07, 6.45) is 3.99. The van der Waals surface area contributed by atoms with Crippen LogP contribution >= 0.6 is 0 Å². The van der Waals surface area contributed by atoms with Gasteiger partial charge in [0.05, 0.1) is 0 Å². The van der Waals surface area contributed by atoms with Crippen LogP contribution in [0.15, 0.2) is 48.5 Å². The van der Waals surface area contributed by atoms with Gasteiger partial charge in [0.15, 0.2) is 0 Å². The van der Waals surface area contributed by atoms with Crippen molar-refractivity contribution >= 4 is 0 Å². The lowest BCUT2D eigenvalue weighted by Crippen LogP contribution is -2.32. The van der Waals surface area contributed by atoms with Gasteiger partial charge in [-0.25, -0.2) is 0 Å². The molecule has 0 fully saturated rings. The van der Waals surface area contributed by atoms with E-state index in [4.69, 9.17) is 0 Å². The molecule has 0 saturated heterocycles. The Kier molecular flexibility index (Phi) is 3.86. The first-order chi connectivity index (χ1) is 10.1. The second-order valence-corrected chi connectivity index (χ2v) is 6.67. The highest BCUT2D eigenvalue weighted by molar-refractivity contribution is 5.43. The molecule has 1 aliphatic rings. The first-order valence-electron chi connectivity index (χ1n) is 8.00. The summed E-state index contributed by atoms with van der Waals surface area (Å²) in [4.78, 5) is 0. The molecule has 1 aliphatic carbocycles. The van der Waals surface area contributed by atoms with Crippen LogP contribution in [0, 0.1) is 5.92 Å². The van der Waals surface area contributed by atoms with E-state index in [1.54, 1.807) is 0 Å². The Morgan fingerprint density at radius 1 is 1.10 bits per heavy atom. The molecule has 0 heterocycles. The third kappa shape index (κ3) is 2.75. The third-order valence-corrected chi connectivity index (χ3v) is 4.50. The fraction of sp³-hybridized carbons (Fsp3) is 0.400. The molecule has 0 aromatic heterocycles. The zero-order valence-corrected chi connectivity index (χ0v) is 13.0. The number of aryl methyl sites for hydroxylation is 1. The van der Waals surface area contributed by atoms with E-state index in [9.17, 15) is 5.11 Å². The molecule has 1 unspecified atom stereocenters. The van der Waals surface area contributed by atoms with Crippen LogP contribution < -0.4 is 0 Å². The molecule has 0 bridgehead atoms. The highest BCUT2D eigenvalue weighted by Gasteiger charge is 2.35. The van der Waals surface area contributed by atoms with Crippen LogP contribution in [-0.4, -0.2) is 5.11 Å².